The number of ether oxygens (including phenoxy) is 3. The van der Waals surface area contributed by atoms with Gasteiger partial charge in [-0.1, -0.05) is 12.1 Å². The molecule has 0 saturated carbocycles. The van der Waals surface area contributed by atoms with Gasteiger partial charge in [0.2, 0.25) is 0 Å². The van der Waals surface area contributed by atoms with Crippen molar-refractivity contribution in [1.29, 1.82) is 0 Å². The van der Waals surface area contributed by atoms with Crippen LogP contribution in [0.15, 0.2) is 18.2 Å². The summed E-state index contributed by atoms with van der Waals surface area (Å²) < 4.78 is 16.5. The fourth-order valence-corrected chi connectivity index (χ4v) is 2.17. The predicted octanol–water partition coefficient (Wildman–Crippen LogP) is 2.77. The average molecular weight is 254 g/mol. The van der Waals surface area contributed by atoms with Crippen molar-refractivity contribution < 1.29 is 14.2 Å². The number of hydrogen-bond donors (Lipinski definition) is 1. The van der Waals surface area contributed by atoms with Crippen molar-refractivity contribution in [3.8, 4) is 5.75 Å². The second-order valence-corrected chi connectivity index (χ2v) is 4.89. The number of benzene rings is 1. The van der Waals surface area contributed by atoms with Crippen LogP contribution in [0.5, 0.6) is 5.75 Å². The fourth-order valence-electron chi connectivity index (χ4n) is 1.95. The standard InChI is InChI=1S/C13H18O3S/c1-9(17)11-4-3-10(7-12(11)14-2)13-8-15-5-6-16-13/h3-4,7,9,13,17H,5-6,8H2,1-2H3/t9?,13-/m0/s1. The van der Waals surface area contributed by atoms with Gasteiger partial charge >= 0.3 is 0 Å². The van der Waals surface area contributed by atoms with Crippen LogP contribution in [0.3, 0.4) is 0 Å². The third kappa shape index (κ3) is 2.94. The molecule has 2 atom stereocenters. The Bertz CT molecular complexity index is 373. The first kappa shape index (κ1) is 12.7. The van der Waals surface area contributed by atoms with Gasteiger partial charge in [-0.05, 0) is 18.6 Å². The molecular weight excluding hydrogens is 236 g/mol. The highest BCUT2D eigenvalue weighted by Gasteiger charge is 2.18. The molecule has 1 unspecified atom stereocenters. The topological polar surface area (TPSA) is 27.7 Å². The highest BCUT2D eigenvalue weighted by molar-refractivity contribution is 7.80. The summed E-state index contributed by atoms with van der Waals surface area (Å²) in [5, 5.41) is 0.155. The minimum Gasteiger partial charge on any atom is -0.496 e. The molecule has 0 amide bonds. The second kappa shape index (κ2) is 5.76. The monoisotopic (exact) mass is 254 g/mol. The van der Waals surface area contributed by atoms with E-state index in [9.17, 15) is 0 Å². The van der Waals surface area contributed by atoms with Crippen molar-refractivity contribution >= 4 is 12.6 Å². The highest BCUT2D eigenvalue weighted by atomic mass is 32.1. The Balaban J connectivity index is 2.24. The summed E-state index contributed by atoms with van der Waals surface area (Å²) in [6.07, 6.45) is 0.0157. The molecule has 0 aromatic heterocycles. The summed E-state index contributed by atoms with van der Waals surface area (Å²) in [7, 11) is 1.68. The zero-order valence-electron chi connectivity index (χ0n) is 10.2. The van der Waals surface area contributed by atoms with Gasteiger partial charge in [-0.3, -0.25) is 0 Å². The molecule has 0 radical (unpaired) electrons. The van der Waals surface area contributed by atoms with Crippen molar-refractivity contribution in [3.05, 3.63) is 29.3 Å². The Hall–Kier alpha value is -0.710. The molecule has 0 aliphatic carbocycles. The third-order valence-corrected chi connectivity index (χ3v) is 3.17. The van der Waals surface area contributed by atoms with E-state index in [0.29, 0.717) is 19.8 Å². The van der Waals surface area contributed by atoms with Crippen LogP contribution in [0.2, 0.25) is 0 Å². The van der Waals surface area contributed by atoms with Crippen molar-refractivity contribution in [1.82, 2.24) is 0 Å². The first-order valence-corrected chi connectivity index (χ1v) is 6.29. The van der Waals surface area contributed by atoms with Crippen LogP contribution in [0.4, 0.5) is 0 Å². The molecule has 2 rings (SSSR count). The summed E-state index contributed by atoms with van der Waals surface area (Å²) in [5.41, 5.74) is 2.19. The lowest BCUT2D eigenvalue weighted by Gasteiger charge is -2.24. The van der Waals surface area contributed by atoms with E-state index in [0.717, 1.165) is 16.9 Å². The minimum absolute atomic E-state index is 0.0157. The summed E-state index contributed by atoms with van der Waals surface area (Å²) in [6, 6.07) is 6.12. The van der Waals surface area contributed by atoms with Crippen LogP contribution in [-0.4, -0.2) is 26.9 Å². The van der Waals surface area contributed by atoms with Gasteiger partial charge in [-0.15, -0.1) is 0 Å². The first-order chi connectivity index (χ1) is 8.22. The van der Waals surface area contributed by atoms with Gasteiger partial charge in [-0.2, -0.15) is 12.6 Å². The molecule has 1 aromatic carbocycles. The molecule has 17 heavy (non-hydrogen) atoms. The molecule has 1 aromatic rings. The summed E-state index contributed by atoms with van der Waals surface area (Å²) in [6.45, 7) is 3.97. The van der Waals surface area contributed by atoms with Gasteiger partial charge in [0.05, 0.1) is 26.9 Å². The van der Waals surface area contributed by atoms with Crippen LogP contribution in [0.25, 0.3) is 0 Å². The molecule has 4 heteroatoms. The highest BCUT2D eigenvalue weighted by Crippen LogP contribution is 2.32. The molecule has 94 valence electrons. The lowest BCUT2D eigenvalue weighted by molar-refractivity contribution is -0.0902. The van der Waals surface area contributed by atoms with Crippen LogP contribution in [-0.2, 0) is 9.47 Å². The van der Waals surface area contributed by atoms with E-state index in [4.69, 9.17) is 14.2 Å². The van der Waals surface area contributed by atoms with Gasteiger partial charge < -0.3 is 14.2 Å². The Morgan fingerprint density at radius 2 is 2.24 bits per heavy atom. The SMILES string of the molecule is COc1cc([C@@H]2COCCO2)ccc1C(C)S. The molecule has 1 aliphatic heterocycles. The van der Waals surface area contributed by atoms with Gasteiger partial charge in [0.1, 0.15) is 11.9 Å². The minimum atomic E-state index is 0.0157. The Labute approximate surface area is 107 Å². The largest absolute Gasteiger partial charge is 0.496 e. The maximum absolute atomic E-state index is 5.66. The molecule has 1 heterocycles. The molecule has 0 spiro atoms. The molecule has 1 saturated heterocycles. The smallest absolute Gasteiger partial charge is 0.123 e. The lowest BCUT2D eigenvalue weighted by atomic mass is 10.0. The maximum atomic E-state index is 5.66. The molecule has 3 nitrogen and oxygen atoms in total. The lowest BCUT2D eigenvalue weighted by Crippen LogP contribution is -2.21. The van der Waals surface area contributed by atoms with E-state index in [2.05, 4.69) is 18.7 Å². The second-order valence-electron chi connectivity index (χ2n) is 4.11. The zero-order valence-corrected chi connectivity index (χ0v) is 11.1. The maximum Gasteiger partial charge on any atom is 0.123 e. The van der Waals surface area contributed by atoms with Crippen molar-refractivity contribution in [2.24, 2.45) is 0 Å². The Kier molecular flexibility index (Phi) is 4.31. The van der Waals surface area contributed by atoms with Crippen molar-refractivity contribution in [2.75, 3.05) is 26.9 Å². The van der Waals surface area contributed by atoms with Crippen LogP contribution < -0.4 is 4.74 Å². The average Bonchev–Trinajstić information content (AvgIpc) is 2.39. The van der Waals surface area contributed by atoms with Gasteiger partial charge in [0.15, 0.2) is 0 Å². The van der Waals surface area contributed by atoms with E-state index >= 15 is 0 Å². The van der Waals surface area contributed by atoms with Crippen LogP contribution in [0.1, 0.15) is 29.4 Å². The summed E-state index contributed by atoms with van der Waals surface area (Å²) in [4.78, 5) is 0. The van der Waals surface area contributed by atoms with E-state index in [1.54, 1.807) is 7.11 Å². The van der Waals surface area contributed by atoms with E-state index in [1.807, 2.05) is 19.1 Å². The van der Waals surface area contributed by atoms with Crippen LogP contribution in [0, 0.1) is 0 Å². The van der Waals surface area contributed by atoms with Gasteiger partial charge in [0, 0.05) is 10.8 Å². The fraction of sp³-hybridized carbons (Fsp3) is 0.538. The van der Waals surface area contributed by atoms with E-state index < -0.39 is 0 Å². The summed E-state index contributed by atoms with van der Waals surface area (Å²) in [5.74, 6) is 0.860. The van der Waals surface area contributed by atoms with Gasteiger partial charge in [-0.25, -0.2) is 0 Å². The number of rotatable bonds is 3. The Morgan fingerprint density at radius 3 is 2.82 bits per heavy atom. The number of hydrogen-bond acceptors (Lipinski definition) is 4. The Morgan fingerprint density at radius 1 is 1.41 bits per heavy atom. The number of thiol groups is 1. The molecule has 1 fully saturated rings. The van der Waals surface area contributed by atoms with Crippen molar-refractivity contribution in [3.63, 3.8) is 0 Å². The van der Waals surface area contributed by atoms with E-state index in [-0.39, 0.29) is 11.4 Å². The zero-order chi connectivity index (χ0) is 12.3. The van der Waals surface area contributed by atoms with Gasteiger partial charge in [0.25, 0.3) is 0 Å². The molecule has 1 aliphatic rings. The normalized spacial score (nSPS) is 22.2. The summed E-state index contributed by atoms with van der Waals surface area (Å²) >= 11 is 4.44. The first-order valence-electron chi connectivity index (χ1n) is 5.77. The predicted molar refractivity (Wildman–Crippen MR) is 69.9 cm³/mol. The van der Waals surface area contributed by atoms with Crippen molar-refractivity contribution in [2.45, 2.75) is 18.3 Å². The third-order valence-electron chi connectivity index (χ3n) is 2.90. The molecular formula is C13H18O3S. The molecule has 0 bridgehead atoms. The van der Waals surface area contributed by atoms with Crippen LogP contribution >= 0.6 is 12.6 Å². The molecule has 0 N–H and O–H groups in total. The quantitative estimate of drug-likeness (QED) is 0.841. The number of methoxy groups -OCH3 is 1. The van der Waals surface area contributed by atoms with E-state index in [1.165, 1.54) is 0 Å².